The van der Waals surface area contributed by atoms with Gasteiger partial charge in [0.05, 0.1) is 4.88 Å². The molecule has 2 amide bonds. The van der Waals surface area contributed by atoms with Gasteiger partial charge in [-0.1, -0.05) is 25.1 Å². The molecule has 3 aromatic rings. The van der Waals surface area contributed by atoms with Crippen LogP contribution in [0.1, 0.15) is 35.8 Å². The summed E-state index contributed by atoms with van der Waals surface area (Å²) in [5.41, 5.74) is 6.50. The van der Waals surface area contributed by atoms with Gasteiger partial charge in [0, 0.05) is 5.56 Å². The fourth-order valence-electron chi connectivity index (χ4n) is 2.55. The van der Waals surface area contributed by atoms with Gasteiger partial charge in [0.15, 0.2) is 10.6 Å². The lowest BCUT2D eigenvalue weighted by atomic mass is 10.1. The summed E-state index contributed by atoms with van der Waals surface area (Å²) in [7, 11) is 0. The molecule has 0 spiro atoms. The zero-order chi connectivity index (χ0) is 19.4. The fraction of sp³-hybridized carbons (Fsp3) is 0.222. The van der Waals surface area contributed by atoms with E-state index in [1.807, 2.05) is 36.6 Å². The Morgan fingerprint density at radius 1 is 1.26 bits per heavy atom. The molecule has 0 radical (unpaired) electrons. The van der Waals surface area contributed by atoms with E-state index in [4.69, 9.17) is 12.2 Å². The van der Waals surface area contributed by atoms with Crippen LogP contribution in [0.25, 0.3) is 10.7 Å². The molecule has 0 saturated heterocycles. The summed E-state index contributed by atoms with van der Waals surface area (Å²) in [5.74, 6) is -0.199. The van der Waals surface area contributed by atoms with Crippen LogP contribution in [0.2, 0.25) is 0 Å². The highest BCUT2D eigenvalue weighted by atomic mass is 32.1. The Morgan fingerprint density at radius 3 is 2.63 bits per heavy atom. The van der Waals surface area contributed by atoms with Crippen LogP contribution < -0.4 is 10.9 Å². The predicted octanol–water partition coefficient (Wildman–Crippen LogP) is 3.25. The second-order valence-electron chi connectivity index (χ2n) is 5.87. The largest absolute Gasteiger partial charge is 0.287 e. The number of hydrazine groups is 1. The van der Waals surface area contributed by atoms with Crippen LogP contribution in [0, 0.1) is 4.77 Å². The van der Waals surface area contributed by atoms with Gasteiger partial charge < -0.3 is 0 Å². The summed E-state index contributed by atoms with van der Waals surface area (Å²) in [6, 6.07) is 10.4. The first-order valence-electron chi connectivity index (χ1n) is 8.41. The molecule has 3 N–H and O–H groups in total. The number of carbonyl (C=O) groups excluding carboxylic acids is 2. The van der Waals surface area contributed by atoms with E-state index < -0.39 is 11.9 Å². The van der Waals surface area contributed by atoms with Crippen molar-refractivity contribution >= 4 is 35.4 Å². The molecule has 0 fully saturated rings. The summed E-state index contributed by atoms with van der Waals surface area (Å²) in [4.78, 5) is 25.6. The number of thiophene rings is 1. The zero-order valence-electron chi connectivity index (χ0n) is 14.9. The molecular formula is C18H19N5O2S2. The van der Waals surface area contributed by atoms with E-state index in [0.29, 0.717) is 16.2 Å². The molecule has 0 saturated carbocycles. The van der Waals surface area contributed by atoms with Crippen LogP contribution in [-0.4, -0.2) is 26.6 Å². The molecular weight excluding hydrogens is 382 g/mol. The van der Waals surface area contributed by atoms with Crippen molar-refractivity contribution in [2.24, 2.45) is 0 Å². The van der Waals surface area contributed by atoms with Gasteiger partial charge in [-0.05, 0) is 54.7 Å². The number of carbonyl (C=O) groups is 2. The lowest BCUT2D eigenvalue weighted by Crippen LogP contribution is -2.44. The van der Waals surface area contributed by atoms with Crippen LogP contribution in [0.4, 0.5) is 0 Å². The smallest absolute Gasteiger partial charge is 0.269 e. The molecule has 2 aromatic heterocycles. The highest BCUT2D eigenvalue weighted by Crippen LogP contribution is 2.25. The van der Waals surface area contributed by atoms with E-state index in [1.54, 1.807) is 23.6 Å². The van der Waals surface area contributed by atoms with Gasteiger partial charge in [0.1, 0.15) is 6.04 Å². The maximum absolute atomic E-state index is 12.5. The standard InChI is InChI=1S/C18H19N5O2S2/c1-3-12-6-8-13(9-7-12)17(25)21-20-16(24)11(2)23-15(19-22-18(23)26)14-5-4-10-27-14/h4-11H,3H2,1-2H3,(H,20,24)(H,21,25)(H,22,26). The molecule has 1 atom stereocenters. The number of aromatic nitrogens is 3. The average Bonchev–Trinajstić information content (AvgIpc) is 3.34. The predicted molar refractivity (Wildman–Crippen MR) is 107 cm³/mol. The maximum Gasteiger partial charge on any atom is 0.269 e. The van der Waals surface area contributed by atoms with Crippen molar-refractivity contribution in [2.75, 3.05) is 0 Å². The first kappa shape index (κ1) is 19.0. The lowest BCUT2D eigenvalue weighted by Gasteiger charge is -2.15. The minimum absolute atomic E-state index is 0.336. The van der Waals surface area contributed by atoms with E-state index in [2.05, 4.69) is 21.0 Å². The Morgan fingerprint density at radius 2 is 2.00 bits per heavy atom. The number of aromatic amines is 1. The Kier molecular flexibility index (Phi) is 5.82. The first-order valence-corrected chi connectivity index (χ1v) is 9.70. The highest BCUT2D eigenvalue weighted by molar-refractivity contribution is 7.71. The van der Waals surface area contributed by atoms with Gasteiger partial charge in [0.2, 0.25) is 0 Å². The SMILES string of the molecule is CCc1ccc(C(=O)NNC(=O)C(C)n2c(-c3cccs3)n[nH]c2=S)cc1. The quantitative estimate of drug-likeness (QED) is 0.452. The topological polar surface area (TPSA) is 91.8 Å². The number of nitrogens with one attached hydrogen (secondary N) is 3. The van der Waals surface area contributed by atoms with Gasteiger partial charge in [0.25, 0.3) is 11.8 Å². The summed E-state index contributed by atoms with van der Waals surface area (Å²) < 4.78 is 1.96. The first-order chi connectivity index (χ1) is 13.0. The molecule has 0 aliphatic rings. The summed E-state index contributed by atoms with van der Waals surface area (Å²) >= 11 is 6.76. The molecule has 140 valence electrons. The highest BCUT2D eigenvalue weighted by Gasteiger charge is 2.21. The van der Waals surface area contributed by atoms with E-state index >= 15 is 0 Å². The van der Waals surface area contributed by atoms with Crippen LogP contribution in [0.15, 0.2) is 41.8 Å². The van der Waals surface area contributed by atoms with Gasteiger partial charge in [-0.15, -0.1) is 11.3 Å². The van der Waals surface area contributed by atoms with Crippen molar-refractivity contribution in [3.05, 3.63) is 57.7 Å². The van der Waals surface area contributed by atoms with E-state index in [0.717, 1.165) is 16.9 Å². The number of hydrogen-bond acceptors (Lipinski definition) is 5. The van der Waals surface area contributed by atoms with Crippen molar-refractivity contribution in [2.45, 2.75) is 26.3 Å². The van der Waals surface area contributed by atoms with Gasteiger partial charge in [-0.25, -0.2) is 0 Å². The number of benzene rings is 1. The van der Waals surface area contributed by atoms with Gasteiger partial charge >= 0.3 is 0 Å². The molecule has 2 heterocycles. The monoisotopic (exact) mass is 401 g/mol. The third kappa shape index (κ3) is 4.15. The van der Waals surface area contributed by atoms with Crippen LogP contribution in [0.5, 0.6) is 0 Å². The molecule has 9 heteroatoms. The van der Waals surface area contributed by atoms with E-state index in [1.165, 1.54) is 11.3 Å². The summed E-state index contributed by atoms with van der Waals surface area (Å²) in [6.07, 6.45) is 0.897. The molecule has 3 rings (SSSR count). The molecule has 1 aromatic carbocycles. The van der Waals surface area contributed by atoms with E-state index in [9.17, 15) is 9.59 Å². The molecule has 7 nitrogen and oxygen atoms in total. The number of rotatable bonds is 5. The van der Waals surface area contributed by atoms with E-state index in [-0.39, 0.29) is 5.91 Å². The summed E-state index contributed by atoms with van der Waals surface area (Å²) in [5, 5.41) is 8.85. The Labute approximate surface area is 165 Å². The maximum atomic E-state index is 12.5. The molecule has 1 unspecified atom stereocenters. The average molecular weight is 402 g/mol. The Hall–Kier alpha value is -2.78. The van der Waals surface area contributed by atoms with Crippen LogP contribution in [-0.2, 0) is 11.2 Å². The molecule has 0 bridgehead atoms. The Balaban J connectivity index is 1.69. The summed E-state index contributed by atoms with van der Waals surface area (Å²) in [6.45, 7) is 3.74. The third-order valence-electron chi connectivity index (χ3n) is 4.14. The van der Waals surface area contributed by atoms with Gasteiger partial charge in [-0.2, -0.15) is 5.10 Å². The molecule has 0 aliphatic heterocycles. The zero-order valence-corrected chi connectivity index (χ0v) is 16.5. The molecule has 27 heavy (non-hydrogen) atoms. The Bertz CT molecular complexity index is 990. The minimum atomic E-state index is -0.656. The van der Waals surface area contributed by atoms with Gasteiger partial charge in [-0.3, -0.25) is 30.1 Å². The molecule has 0 aliphatic carbocycles. The second-order valence-corrected chi connectivity index (χ2v) is 7.20. The third-order valence-corrected chi connectivity index (χ3v) is 5.29. The van der Waals surface area contributed by atoms with Crippen molar-refractivity contribution in [1.82, 2.24) is 25.6 Å². The van der Waals surface area contributed by atoms with Crippen LogP contribution in [0.3, 0.4) is 0 Å². The normalized spacial score (nSPS) is 11.8. The number of amides is 2. The fourth-order valence-corrected chi connectivity index (χ4v) is 3.55. The van der Waals surface area contributed by atoms with Crippen molar-refractivity contribution < 1.29 is 9.59 Å². The number of aryl methyl sites for hydroxylation is 1. The van der Waals surface area contributed by atoms with Crippen molar-refractivity contribution in [3.63, 3.8) is 0 Å². The number of hydrogen-bond donors (Lipinski definition) is 3. The van der Waals surface area contributed by atoms with Crippen LogP contribution >= 0.6 is 23.6 Å². The van der Waals surface area contributed by atoms with Crippen molar-refractivity contribution in [3.8, 4) is 10.7 Å². The minimum Gasteiger partial charge on any atom is -0.287 e. The number of H-pyrrole nitrogens is 1. The second kappa shape index (κ2) is 8.28. The number of nitrogens with zero attached hydrogens (tertiary/aromatic N) is 2. The lowest BCUT2D eigenvalue weighted by molar-refractivity contribution is -0.124. The van der Waals surface area contributed by atoms with Crippen molar-refractivity contribution in [1.29, 1.82) is 0 Å².